The number of aliphatic hydroxyl groups is 1. The van der Waals surface area contributed by atoms with Gasteiger partial charge < -0.3 is 25.0 Å². The van der Waals surface area contributed by atoms with Crippen LogP contribution in [0.25, 0.3) is 0 Å². The van der Waals surface area contributed by atoms with Gasteiger partial charge in [-0.05, 0) is 31.0 Å². The van der Waals surface area contributed by atoms with E-state index in [1.54, 1.807) is 18.2 Å². The Bertz CT molecular complexity index is 582. The van der Waals surface area contributed by atoms with Crippen molar-refractivity contribution in [3.63, 3.8) is 0 Å². The van der Waals surface area contributed by atoms with E-state index < -0.39 is 24.0 Å². The quantitative estimate of drug-likeness (QED) is 0.579. The van der Waals surface area contributed by atoms with Gasteiger partial charge >= 0.3 is 5.97 Å². The molecule has 0 saturated heterocycles. The third-order valence-electron chi connectivity index (χ3n) is 3.06. The van der Waals surface area contributed by atoms with E-state index >= 15 is 0 Å². The Morgan fingerprint density at radius 3 is 2.65 bits per heavy atom. The smallest absolute Gasteiger partial charge is 0.337 e. The number of hydrogen-bond acceptors (Lipinski definition) is 5. The summed E-state index contributed by atoms with van der Waals surface area (Å²) in [6.45, 7) is 4.01. The van der Waals surface area contributed by atoms with Crippen LogP contribution >= 0.6 is 0 Å². The van der Waals surface area contributed by atoms with Gasteiger partial charge in [0.1, 0.15) is 0 Å². The minimum absolute atomic E-state index is 0.327. The van der Waals surface area contributed by atoms with E-state index in [4.69, 9.17) is 14.6 Å². The summed E-state index contributed by atoms with van der Waals surface area (Å²) in [5.41, 5.74) is -1.04. The van der Waals surface area contributed by atoms with Crippen molar-refractivity contribution >= 4 is 11.9 Å². The van der Waals surface area contributed by atoms with Gasteiger partial charge in [0, 0.05) is 0 Å². The topological polar surface area (TPSA) is 105 Å². The normalized spacial score (nSPS) is 12.8. The molecular weight excluding hydrogens is 302 g/mol. The second-order valence-electron chi connectivity index (χ2n) is 5.12. The molecule has 7 heteroatoms. The highest BCUT2D eigenvalue weighted by Gasteiger charge is 2.30. The SMILES string of the molecule is C=CCc1ccc(OCC(=O)NCC(C)(O)C(=O)O)c(OC)c1. The predicted molar refractivity (Wildman–Crippen MR) is 83.7 cm³/mol. The number of carbonyl (C=O) groups is 2. The van der Waals surface area contributed by atoms with Crippen LogP contribution in [0.1, 0.15) is 12.5 Å². The molecule has 1 aromatic carbocycles. The Kier molecular flexibility index (Phi) is 6.59. The third kappa shape index (κ3) is 5.63. The third-order valence-corrected chi connectivity index (χ3v) is 3.06. The highest BCUT2D eigenvalue weighted by molar-refractivity contribution is 5.81. The van der Waals surface area contributed by atoms with E-state index in [1.807, 2.05) is 6.07 Å². The number of carbonyl (C=O) groups excluding carboxylic acids is 1. The number of rotatable bonds is 9. The van der Waals surface area contributed by atoms with Gasteiger partial charge in [-0.2, -0.15) is 0 Å². The molecule has 1 unspecified atom stereocenters. The van der Waals surface area contributed by atoms with Gasteiger partial charge in [0.05, 0.1) is 13.7 Å². The zero-order chi connectivity index (χ0) is 17.5. The molecule has 0 fully saturated rings. The maximum atomic E-state index is 11.7. The Morgan fingerprint density at radius 2 is 2.09 bits per heavy atom. The number of amides is 1. The largest absolute Gasteiger partial charge is 0.493 e. The van der Waals surface area contributed by atoms with Crippen LogP contribution in [-0.4, -0.2) is 48.0 Å². The van der Waals surface area contributed by atoms with Gasteiger partial charge in [-0.1, -0.05) is 12.1 Å². The van der Waals surface area contributed by atoms with Crippen molar-refractivity contribution in [1.82, 2.24) is 5.32 Å². The van der Waals surface area contributed by atoms with Gasteiger partial charge in [-0.25, -0.2) is 4.79 Å². The standard InChI is InChI=1S/C16H21NO6/c1-4-5-11-6-7-12(13(8-11)22-3)23-9-14(18)17-10-16(2,21)15(19)20/h4,6-8,21H,1,5,9-10H2,2-3H3,(H,17,18)(H,19,20). The lowest BCUT2D eigenvalue weighted by atomic mass is 10.1. The van der Waals surface area contributed by atoms with Crippen molar-refractivity contribution in [2.75, 3.05) is 20.3 Å². The van der Waals surface area contributed by atoms with Crippen molar-refractivity contribution in [2.45, 2.75) is 18.9 Å². The Labute approximate surface area is 134 Å². The lowest BCUT2D eigenvalue weighted by Crippen LogP contribution is -2.47. The highest BCUT2D eigenvalue weighted by atomic mass is 16.5. The Morgan fingerprint density at radius 1 is 1.39 bits per heavy atom. The zero-order valence-corrected chi connectivity index (χ0v) is 13.2. The molecule has 3 N–H and O–H groups in total. The van der Waals surface area contributed by atoms with Gasteiger partial charge in [0.15, 0.2) is 23.7 Å². The molecule has 0 radical (unpaired) electrons. The molecule has 0 heterocycles. The molecule has 23 heavy (non-hydrogen) atoms. The van der Waals surface area contributed by atoms with Gasteiger partial charge in [0.25, 0.3) is 5.91 Å². The zero-order valence-electron chi connectivity index (χ0n) is 13.2. The van der Waals surface area contributed by atoms with Crippen LogP contribution in [0.5, 0.6) is 11.5 Å². The Balaban J connectivity index is 2.59. The summed E-state index contributed by atoms with van der Waals surface area (Å²) in [6, 6.07) is 5.29. The van der Waals surface area contributed by atoms with E-state index in [0.29, 0.717) is 17.9 Å². The second kappa shape index (κ2) is 8.19. The summed E-state index contributed by atoms with van der Waals surface area (Å²) >= 11 is 0. The first-order valence-electron chi connectivity index (χ1n) is 6.93. The van der Waals surface area contributed by atoms with Crippen LogP contribution in [0, 0.1) is 0 Å². The van der Waals surface area contributed by atoms with E-state index in [2.05, 4.69) is 11.9 Å². The van der Waals surface area contributed by atoms with E-state index in [-0.39, 0.29) is 6.61 Å². The summed E-state index contributed by atoms with van der Waals surface area (Å²) in [6.07, 6.45) is 2.44. The molecule has 0 spiro atoms. The van der Waals surface area contributed by atoms with Gasteiger partial charge in [-0.15, -0.1) is 6.58 Å². The molecule has 0 aliphatic rings. The monoisotopic (exact) mass is 323 g/mol. The molecular formula is C16H21NO6. The summed E-state index contributed by atoms with van der Waals surface area (Å²) in [4.78, 5) is 22.4. The van der Waals surface area contributed by atoms with Crippen molar-refractivity contribution < 1.29 is 29.3 Å². The summed E-state index contributed by atoms with van der Waals surface area (Å²) in [7, 11) is 1.49. The fourth-order valence-electron chi connectivity index (χ4n) is 1.67. The highest BCUT2D eigenvalue weighted by Crippen LogP contribution is 2.28. The maximum absolute atomic E-state index is 11.7. The van der Waals surface area contributed by atoms with Crippen LogP contribution in [0.15, 0.2) is 30.9 Å². The summed E-state index contributed by atoms with van der Waals surface area (Å²) < 4.78 is 10.6. The molecule has 1 rings (SSSR count). The van der Waals surface area contributed by atoms with Crippen LogP contribution in [0.4, 0.5) is 0 Å². The number of carboxylic acids is 1. The van der Waals surface area contributed by atoms with Crippen molar-refractivity contribution in [2.24, 2.45) is 0 Å². The number of benzene rings is 1. The number of allylic oxidation sites excluding steroid dienone is 1. The minimum Gasteiger partial charge on any atom is -0.493 e. The molecule has 1 amide bonds. The molecule has 0 saturated carbocycles. The van der Waals surface area contributed by atoms with Crippen LogP contribution in [0.3, 0.4) is 0 Å². The summed E-state index contributed by atoms with van der Waals surface area (Å²) in [5, 5.41) is 20.5. The van der Waals surface area contributed by atoms with Crippen LogP contribution < -0.4 is 14.8 Å². The van der Waals surface area contributed by atoms with Crippen molar-refractivity contribution in [3.8, 4) is 11.5 Å². The van der Waals surface area contributed by atoms with Gasteiger partial charge in [-0.3, -0.25) is 4.79 Å². The number of methoxy groups -OCH3 is 1. The molecule has 1 atom stereocenters. The lowest BCUT2D eigenvalue weighted by molar-refractivity contribution is -0.156. The second-order valence-corrected chi connectivity index (χ2v) is 5.12. The number of carboxylic acid groups (broad SMARTS) is 1. The number of aliphatic carboxylic acids is 1. The molecule has 7 nitrogen and oxygen atoms in total. The first-order valence-corrected chi connectivity index (χ1v) is 6.93. The average molecular weight is 323 g/mol. The Hall–Kier alpha value is -2.54. The first-order chi connectivity index (χ1) is 10.8. The first kappa shape index (κ1) is 18.5. The molecule has 0 aliphatic heterocycles. The lowest BCUT2D eigenvalue weighted by Gasteiger charge is -2.18. The number of ether oxygens (including phenoxy) is 2. The van der Waals surface area contributed by atoms with Crippen LogP contribution in [0.2, 0.25) is 0 Å². The van der Waals surface area contributed by atoms with Gasteiger partial charge in [0.2, 0.25) is 0 Å². The number of hydrogen-bond donors (Lipinski definition) is 3. The van der Waals surface area contributed by atoms with E-state index in [1.165, 1.54) is 7.11 Å². The van der Waals surface area contributed by atoms with Crippen molar-refractivity contribution in [1.29, 1.82) is 0 Å². The van der Waals surface area contributed by atoms with E-state index in [9.17, 15) is 14.7 Å². The predicted octanol–water partition coefficient (Wildman–Crippen LogP) is 0.754. The number of nitrogens with one attached hydrogen (secondary N) is 1. The maximum Gasteiger partial charge on any atom is 0.337 e. The molecule has 1 aromatic rings. The fraction of sp³-hybridized carbons (Fsp3) is 0.375. The molecule has 0 aliphatic carbocycles. The van der Waals surface area contributed by atoms with Crippen LogP contribution in [-0.2, 0) is 16.0 Å². The van der Waals surface area contributed by atoms with E-state index in [0.717, 1.165) is 12.5 Å². The molecule has 0 aromatic heterocycles. The van der Waals surface area contributed by atoms with Crippen molar-refractivity contribution in [3.05, 3.63) is 36.4 Å². The minimum atomic E-state index is -2.03. The average Bonchev–Trinajstić information content (AvgIpc) is 2.51. The summed E-state index contributed by atoms with van der Waals surface area (Å²) in [5.74, 6) is -1.10. The molecule has 0 bridgehead atoms. The molecule has 126 valence electrons. The fourth-order valence-corrected chi connectivity index (χ4v) is 1.67.